The lowest BCUT2D eigenvalue weighted by Crippen LogP contribution is -2.32. The molecule has 0 aromatic heterocycles. The Morgan fingerprint density at radius 3 is 2.58 bits per heavy atom. The standard InChI is InChI=1S/C18H19N3O3/c1-12-7-8-14(9-17(12)21(23)24)18(22)20-10-15(16(19)11-20)13-5-3-2-4-6-13/h2-9,15-16H,10-11,19H2,1H3/t15-,16+/m0/s1. The van der Waals surface area contributed by atoms with Gasteiger partial charge in [-0.15, -0.1) is 0 Å². The van der Waals surface area contributed by atoms with E-state index in [0.29, 0.717) is 24.2 Å². The molecule has 1 aliphatic rings. The maximum absolute atomic E-state index is 12.7. The van der Waals surface area contributed by atoms with Crippen LogP contribution >= 0.6 is 0 Å². The Labute approximate surface area is 140 Å². The van der Waals surface area contributed by atoms with Crippen LogP contribution in [0.1, 0.15) is 27.4 Å². The number of hydrogen-bond donors (Lipinski definition) is 1. The van der Waals surface area contributed by atoms with Crippen LogP contribution in [0.2, 0.25) is 0 Å². The van der Waals surface area contributed by atoms with Crippen LogP contribution in [-0.4, -0.2) is 34.9 Å². The van der Waals surface area contributed by atoms with Crippen LogP contribution in [-0.2, 0) is 0 Å². The Morgan fingerprint density at radius 2 is 1.92 bits per heavy atom. The van der Waals surface area contributed by atoms with Crippen molar-refractivity contribution in [2.75, 3.05) is 13.1 Å². The Kier molecular flexibility index (Phi) is 4.31. The Hall–Kier alpha value is -2.73. The Bertz CT molecular complexity index is 776. The van der Waals surface area contributed by atoms with E-state index in [1.54, 1.807) is 24.0 Å². The average molecular weight is 325 g/mol. The number of nitro groups is 1. The van der Waals surface area contributed by atoms with Gasteiger partial charge in [0.05, 0.1) is 4.92 Å². The summed E-state index contributed by atoms with van der Waals surface area (Å²) in [5.41, 5.74) is 8.15. The fraction of sp³-hybridized carbons (Fsp3) is 0.278. The van der Waals surface area contributed by atoms with Gasteiger partial charge in [0.2, 0.25) is 0 Å². The summed E-state index contributed by atoms with van der Waals surface area (Å²) in [6, 6.07) is 14.3. The highest BCUT2D eigenvalue weighted by Crippen LogP contribution is 2.28. The summed E-state index contributed by atoms with van der Waals surface area (Å²) in [5, 5.41) is 11.1. The molecule has 3 rings (SSSR count). The van der Waals surface area contributed by atoms with Crippen LogP contribution in [0.4, 0.5) is 5.69 Å². The molecule has 1 aliphatic heterocycles. The van der Waals surface area contributed by atoms with Crippen LogP contribution in [0.25, 0.3) is 0 Å². The minimum absolute atomic E-state index is 0.0380. The molecule has 6 nitrogen and oxygen atoms in total. The van der Waals surface area contributed by atoms with Crippen LogP contribution < -0.4 is 5.73 Å². The molecule has 2 aromatic rings. The van der Waals surface area contributed by atoms with Gasteiger partial charge in [0.15, 0.2) is 0 Å². The predicted molar refractivity (Wildman–Crippen MR) is 90.9 cm³/mol. The van der Waals surface area contributed by atoms with Gasteiger partial charge in [-0.25, -0.2) is 0 Å². The largest absolute Gasteiger partial charge is 0.336 e. The number of carbonyl (C=O) groups is 1. The van der Waals surface area contributed by atoms with Gasteiger partial charge in [-0.2, -0.15) is 0 Å². The van der Waals surface area contributed by atoms with E-state index < -0.39 is 4.92 Å². The first-order chi connectivity index (χ1) is 11.5. The fourth-order valence-corrected chi connectivity index (χ4v) is 3.17. The first-order valence-corrected chi connectivity index (χ1v) is 7.82. The van der Waals surface area contributed by atoms with E-state index >= 15 is 0 Å². The quantitative estimate of drug-likeness (QED) is 0.693. The summed E-state index contributed by atoms with van der Waals surface area (Å²) in [4.78, 5) is 25.0. The van der Waals surface area contributed by atoms with Gasteiger partial charge in [-0.05, 0) is 18.6 Å². The average Bonchev–Trinajstić information content (AvgIpc) is 2.97. The van der Waals surface area contributed by atoms with E-state index in [9.17, 15) is 14.9 Å². The molecule has 0 unspecified atom stereocenters. The first kappa shape index (κ1) is 16.1. The fourth-order valence-electron chi connectivity index (χ4n) is 3.17. The van der Waals surface area contributed by atoms with Gasteiger partial charge in [0.25, 0.3) is 11.6 Å². The Morgan fingerprint density at radius 1 is 1.21 bits per heavy atom. The van der Waals surface area contributed by atoms with Crippen LogP contribution in [0.15, 0.2) is 48.5 Å². The van der Waals surface area contributed by atoms with Crippen molar-refractivity contribution < 1.29 is 9.72 Å². The summed E-state index contributed by atoms with van der Waals surface area (Å²) in [6.45, 7) is 2.62. The van der Waals surface area contributed by atoms with Gasteiger partial charge >= 0.3 is 0 Å². The highest BCUT2D eigenvalue weighted by atomic mass is 16.6. The molecule has 124 valence electrons. The molecular weight excluding hydrogens is 306 g/mol. The number of rotatable bonds is 3. The third kappa shape index (κ3) is 3.00. The van der Waals surface area contributed by atoms with Crippen molar-refractivity contribution in [1.29, 1.82) is 0 Å². The predicted octanol–water partition coefficient (Wildman–Crippen LogP) is 2.47. The summed E-state index contributed by atoms with van der Waals surface area (Å²) >= 11 is 0. The first-order valence-electron chi connectivity index (χ1n) is 7.82. The van der Waals surface area contributed by atoms with Crippen molar-refractivity contribution in [3.05, 3.63) is 75.3 Å². The van der Waals surface area contributed by atoms with Crippen molar-refractivity contribution in [3.8, 4) is 0 Å². The number of nitro benzene ring substituents is 1. The van der Waals surface area contributed by atoms with E-state index in [2.05, 4.69) is 0 Å². The normalized spacial score (nSPS) is 20.2. The van der Waals surface area contributed by atoms with Crippen molar-refractivity contribution in [3.63, 3.8) is 0 Å². The van der Waals surface area contributed by atoms with Gasteiger partial charge in [-0.1, -0.05) is 36.4 Å². The zero-order valence-corrected chi connectivity index (χ0v) is 13.4. The SMILES string of the molecule is Cc1ccc(C(=O)N2C[C@@H](N)[C@H](c3ccccc3)C2)cc1[N+](=O)[O-]. The molecule has 2 aromatic carbocycles. The Balaban J connectivity index is 1.82. The molecule has 1 fully saturated rings. The molecule has 0 bridgehead atoms. The summed E-state index contributed by atoms with van der Waals surface area (Å²) < 4.78 is 0. The lowest BCUT2D eigenvalue weighted by atomic mass is 9.95. The van der Waals surface area contributed by atoms with E-state index in [1.807, 2.05) is 30.3 Å². The molecule has 0 radical (unpaired) electrons. The summed E-state index contributed by atoms with van der Waals surface area (Å²) in [6.07, 6.45) is 0. The lowest BCUT2D eigenvalue weighted by Gasteiger charge is -2.16. The zero-order chi connectivity index (χ0) is 17.3. The third-order valence-corrected chi connectivity index (χ3v) is 4.53. The monoisotopic (exact) mass is 325 g/mol. The van der Waals surface area contributed by atoms with Crippen LogP contribution in [0.5, 0.6) is 0 Å². The second-order valence-electron chi connectivity index (χ2n) is 6.15. The molecule has 0 spiro atoms. The van der Waals surface area contributed by atoms with Crippen molar-refractivity contribution in [2.45, 2.75) is 18.9 Å². The van der Waals surface area contributed by atoms with E-state index in [4.69, 9.17) is 5.73 Å². The van der Waals surface area contributed by atoms with Gasteiger partial charge in [-0.3, -0.25) is 14.9 Å². The topological polar surface area (TPSA) is 89.5 Å². The minimum atomic E-state index is -0.464. The maximum Gasteiger partial charge on any atom is 0.273 e. The maximum atomic E-state index is 12.7. The molecule has 2 N–H and O–H groups in total. The summed E-state index contributed by atoms with van der Waals surface area (Å²) in [5.74, 6) is -0.137. The van der Waals surface area contributed by atoms with Crippen molar-refractivity contribution in [2.24, 2.45) is 5.73 Å². The van der Waals surface area contributed by atoms with Crippen molar-refractivity contribution in [1.82, 2.24) is 4.90 Å². The molecular formula is C18H19N3O3. The number of carbonyl (C=O) groups excluding carboxylic acids is 1. The number of nitrogens with zero attached hydrogens (tertiary/aromatic N) is 2. The molecule has 1 saturated heterocycles. The van der Waals surface area contributed by atoms with E-state index in [0.717, 1.165) is 5.56 Å². The minimum Gasteiger partial charge on any atom is -0.336 e. The molecule has 2 atom stereocenters. The van der Waals surface area contributed by atoms with Gasteiger partial charge in [0, 0.05) is 42.2 Å². The highest BCUT2D eigenvalue weighted by Gasteiger charge is 2.34. The molecule has 0 saturated carbocycles. The lowest BCUT2D eigenvalue weighted by molar-refractivity contribution is -0.385. The highest BCUT2D eigenvalue weighted by molar-refractivity contribution is 5.95. The van der Waals surface area contributed by atoms with Gasteiger partial charge < -0.3 is 10.6 Å². The molecule has 0 aliphatic carbocycles. The summed E-state index contributed by atoms with van der Waals surface area (Å²) in [7, 11) is 0. The van der Waals surface area contributed by atoms with Crippen LogP contribution in [0, 0.1) is 17.0 Å². The second kappa shape index (κ2) is 6.41. The van der Waals surface area contributed by atoms with Gasteiger partial charge in [0.1, 0.15) is 0 Å². The molecule has 6 heteroatoms. The number of hydrogen-bond acceptors (Lipinski definition) is 4. The number of aryl methyl sites for hydroxylation is 1. The van der Waals surface area contributed by atoms with E-state index in [1.165, 1.54) is 6.07 Å². The number of likely N-dealkylation sites (tertiary alicyclic amines) is 1. The number of amides is 1. The smallest absolute Gasteiger partial charge is 0.273 e. The van der Waals surface area contributed by atoms with Crippen molar-refractivity contribution >= 4 is 11.6 Å². The molecule has 24 heavy (non-hydrogen) atoms. The third-order valence-electron chi connectivity index (χ3n) is 4.53. The molecule has 1 amide bonds. The van der Waals surface area contributed by atoms with Crippen LogP contribution in [0.3, 0.4) is 0 Å². The number of nitrogens with two attached hydrogens (primary N) is 1. The number of benzene rings is 2. The zero-order valence-electron chi connectivity index (χ0n) is 13.4. The second-order valence-corrected chi connectivity index (χ2v) is 6.15. The molecule has 1 heterocycles. The van der Waals surface area contributed by atoms with E-state index in [-0.39, 0.29) is 23.6 Å².